The standard InChI is InChI=1S/C37H22N2S2/c1-4-10-30-27(7-1)28-8-2-5-11-31(28)39(30)26-19-17-24(18-20-26)23-13-15-25(16-14-23)37-38-36-34(41-37)22-21-33-35(36)29-9-3-6-12-32(29)40-33/h1-22H. The Labute approximate surface area is 244 Å². The second-order valence-corrected chi connectivity index (χ2v) is 12.5. The van der Waals surface area contributed by atoms with Crippen LogP contribution in [0.3, 0.4) is 0 Å². The van der Waals surface area contributed by atoms with E-state index in [1.54, 1.807) is 11.3 Å². The van der Waals surface area contributed by atoms with Crippen molar-refractivity contribution in [2.45, 2.75) is 0 Å². The van der Waals surface area contributed by atoms with Crippen LogP contribution in [0.2, 0.25) is 0 Å². The third kappa shape index (κ3) is 3.51. The summed E-state index contributed by atoms with van der Waals surface area (Å²) < 4.78 is 6.22. The van der Waals surface area contributed by atoms with Gasteiger partial charge in [0, 0.05) is 42.2 Å². The minimum absolute atomic E-state index is 1.07. The Balaban J connectivity index is 1.08. The van der Waals surface area contributed by atoms with E-state index in [1.807, 2.05) is 11.3 Å². The number of nitrogens with zero attached hydrogens (tertiary/aromatic N) is 2. The van der Waals surface area contributed by atoms with E-state index in [4.69, 9.17) is 4.98 Å². The van der Waals surface area contributed by atoms with Gasteiger partial charge in [-0.1, -0.05) is 91.0 Å². The number of benzene rings is 6. The molecule has 0 atom stereocenters. The molecule has 4 heteroatoms. The fourth-order valence-electron chi connectivity index (χ4n) is 6.13. The van der Waals surface area contributed by atoms with Crippen LogP contribution in [0.1, 0.15) is 0 Å². The molecule has 0 saturated carbocycles. The van der Waals surface area contributed by atoms with Gasteiger partial charge in [-0.3, -0.25) is 0 Å². The molecular formula is C37H22N2S2. The lowest BCUT2D eigenvalue weighted by Gasteiger charge is -2.09. The molecule has 0 fully saturated rings. The summed E-state index contributed by atoms with van der Waals surface area (Å²) in [5, 5.41) is 6.22. The first-order chi connectivity index (χ1) is 20.3. The Bertz CT molecular complexity index is 2350. The fourth-order valence-corrected chi connectivity index (χ4v) is 8.22. The summed E-state index contributed by atoms with van der Waals surface area (Å²) >= 11 is 3.62. The summed E-state index contributed by atoms with van der Waals surface area (Å²) in [6.45, 7) is 0. The highest BCUT2D eigenvalue weighted by molar-refractivity contribution is 7.26. The number of fused-ring (bicyclic) bond motifs is 8. The number of aromatic nitrogens is 2. The normalized spacial score (nSPS) is 11.9. The average Bonchev–Trinajstić information content (AvgIpc) is 3.73. The van der Waals surface area contributed by atoms with Crippen molar-refractivity contribution in [2.24, 2.45) is 0 Å². The Morgan fingerprint density at radius 2 is 1.00 bits per heavy atom. The fraction of sp³-hybridized carbons (Fsp3) is 0. The Morgan fingerprint density at radius 3 is 1.71 bits per heavy atom. The maximum atomic E-state index is 5.15. The summed E-state index contributed by atoms with van der Waals surface area (Å²) in [7, 11) is 0. The molecule has 3 heterocycles. The van der Waals surface area contributed by atoms with Crippen LogP contribution in [-0.2, 0) is 0 Å². The predicted molar refractivity (Wildman–Crippen MR) is 178 cm³/mol. The predicted octanol–water partition coefficient (Wildman–Crippen LogP) is 11.1. The van der Waals surface area contributed by atoms with Gasteiger partial charge in [0.1, 0.15) is 5.01 Å². The van der Waals surface area contributed by atoms with Crippen LogP contribution in [0, 0.1) is 0 Å². The molecule has 9 rings (SSSR count). The first-order valence-electron chi connectivity index (χ1n) is 13.7. The zero-order chi connectivity index (χ0) is 26.9. The molecule has 0 aliphatic rings. The van der Waals surface area contributed by atoms with Gasteiger partial charge in [-0.15, -0.1) is 22.7 Å². The first-order valence-corrected chi connectivity index (χ1v) is 15.4. The van der Waals surface area contributed by atoms with Crippen molar-refractivity contribution in [2.75, 3.05) is 0 Å². The van der Waals surface area contributed by atoms with E-state index < -0.39 is 0 Å². The van der Waals surface area contributed by atoms with Gasteiger partial charge >= 0.3 is 0 Å². The van der Waals surface area contributed by atoms with Gasteiger partial charge in [-0.05, 0) is 53.6 Å². The highest BCUT2D eigenvalue weighted by atomic mass is 32.1. The van der Waals surface area contributed by atoms with Crippen LogP contribution in [0.25, 0.3) is 79.6 Å². The number of thiophene rings is 1. The van der Waals surface area contributed by atoms with Crippen LogP contribution in [0.5, 0.6) is 0 Å². The minimum Gasteiger partial charge on any atom is -0.309 e. The molecular weight excluding hydrogens is 537 g/mol. The lowest BCUT2D eigenvalue weighted by atomic mass is 10.0. The summed E-state index contributed by atoms with van der Waals surface area (Å²) in [6, 6.07) is 48.2. The van der Waals surface area contributed by atoms with Crippen LogP contribution >= 0.6 is 22.7 Å². The van der Waals surface area contributed by atoms with Crippen LogP contribution in [-0.4, -0.2) is 9.55 Å². The second-order valence-electron chi connectivity index (χ2n) is 10.4. The highest BCUT2D eigenvalue weighted by Crippen LogP contribution is 2.41. The third-order valence-corrected chi connectivity index (χ3v) is 10.3. The smallest absolute Gasteiger partial charge is 0.124 e. The first kappa shape index (κ1) is 23.0. The topological polar surface area (TPSA) is 17.8 Å². The van der Waals surface area contributed by atoms with E-state index in [0.717, 1.165) is 16.1 Å². The zero-order valence-electron chi connectivity index (χ0n) is 21.9. The molecule has 0 aliphatic heterocycles. The van der Waals surface area contributed by atoms with Gasteiger partial charge in [-0.2, -0.15) is 0 Å². The van der Waals surface area contributed by atoms with E-state index in [1.165, 1.54) is 63.5 Å². The highest BCUT2D eigenvalue weighted by Gasteiger charge is 2.14. The van der Waals surface area contributed by atoms with Crippen molar-refractivity contribution in [1.82, 2.24) is 9.55 Å². The molecule has 9 aromatic rings. The van der Waals surface area contributed by atoms with Crippen molar-refractivity contribution in [1.29, 1.82) is 0 Å². The Hall–Kier alpha value is -4.77. The average molecular weight is 559 g/mol. The van der Waals surface area contributed by atoms with Crippen LogP contribution < -0.4 is 0 Å². The molecule has 2 nitrogen and oxygen atoms in total. The maximum absolute atomic E-state index is 5.15. The lowest BCUT2D eigenvalue weighted by Crippen LogP contribution is -1.93. The summed E-state index contributed by atoms with van der Waals surface area (Å²) in [5.41, 5.74) is 8.31. The van der Waals surface area contributed by atoms with Crippen LogP contribution in [0.4, 0.5) is 0 Å². The van der Waals surface area contributed by atoms with Gasteiger partial charge in [0.15, 0.2) is 0 Å². The number of thiazole rings is 1. The van der Waals surface area contributed by atoms with Crippen molar-refractivity contribution in [3.05, 3.63) is 133 Å². The number of para-hydroxylation sites is 2. The van der Waals surface area contributed by atoms with Gasteiger partial charge in [0.2, 0.25) is 0 Å². The van der Waals surface area contributed by atoms with E-state index in [-0.39, 0.29) is 0 Å². The van der Waals surface area contributed by atoms with Crippen molar-refractivity contribution in [3.63, 3.8) is 0 Å². The maximum Gasteiger partial charge on any atom is 0.124 e. The number of rotatable bonds is 3. The molecule has 0 radical (unpaired) electrons. The Kier molecular flexibility index (Phi) is 4.97. The molecule has 0 aliphatic carbocycles. The SMILES string of the molecule is c1ccc2c(c1)sc1ccc3sc(-c4ccc(-c5ccc(-n6c7ccccc7c7ccccc76)cc5)cc4)nc3c12. The molecule has 3 aromatic heterocycles. The van der Waals surface area contributed by atoms with Gasteiger partial charge in [0.05, 0.1) is 21.3 Å². The minimum atomic E-state index is 1.07. The van der Waals surface area contributed by atoms with E-state index in [0.29, 0.717) is 0 Å². The molecule has 0 saturated heterocycles. The second kappa shape index (κ2) is 8.87. The molecule has 6 aromatic carbocycles. The zero-order valence-corrected chi connectivity index (χ0v) is 23.5. The van der Waals surface area contributed by atoms with Gasteiger partial charge < -0.3 is 4.57 Å². The molecule has 192 valence electrons. The molecule has 0 N–H and O–H groups in total. The third-order valence-electron chi connectivity index (χ3n) is 8.07. The van der Waals surface area contributed by atoms with Gasteiger partial charge in [-0.25, -0.2) is 4.98 Å². The van der Waals surface area contributed by atoms with Crippen molar-refractivity contribution >= 4 is 74.9 Å². The largest absolute Gasteiger partial charge is 0.309 e. The molecule has 0 bridgehead atoms. The van der Waals surface area contributed by atoms with Crippen LogP contribution in [0.15, 0.2) is 133 Å². The van der Waals surface area contributed by atoms with Crippen molar-refractivity contribution in [3.8, 4) is 27.4 Å². The quantitative estimate of drug-likeness (QED) is 0.211. The summed E-state index contributed by atoms with van der Waals surface area (Å²) in [6.07, 6.45) is 0. The summed E-state index contributed by atoms with van der Waals surface area (Å²) in [5.74, 6) is 0. The molecule has 0 amide bonds. The summed E-state index contributed by atoms with van der Waals surface area (Å²) in [4.78, 5) is 5.15. The number of hydrogen-bond acceptors (Lipinski definition) is 3. The molecule has 41 heavy (non-hydrogen) atoms. The Morgan fingerprint density at radius 1 is 0.439 bits per heavy atom. The lowest BCUT2D eigenvalue weighted by molar-refractivity contribution is 1.18. The van der Waals surface area contributed by atoms with E-state index in [9.17, 15) is 0 Å². The van der Waals surface area contributed by atoms with Gasteiger partial charge in [0.25, 0.3) is 0 Å². The molecule has 0 unspecified atom stereocenters. The van der Waals surface area contributed by atoms with E-state index in [2.05, 4.69) is 138 Å². The molecule has 0 spiro atoms. The van der Waals surface area contributed by atoms with Crippen molar-refractivity contribution < 1.29 is 0 Å². The number of hydrogen-bond donors (Lipinski definition) is 0. The van der Waals surface area contributed by atoms with E-state index >= 15 is 0 Å². The monoisotopic (exact) mass is 558 g/mol.